The van der Waals surface area contributed by atoms with Crippen molar-refractivity contribution in [3.05, 3.63) is 68.9 Å². The molecule has 0 amide bonds. The fourth-order valence-electron chi connectivity index (χ4n) is 4.08. The van der Waals surface area contributed by atoms with E-state index in [0.29, 0.717) is 23.9 Å². The Bertz CT molecular complexity index is 1240. The van der Waals surface area contributed by atoms with Gasteiger partial charge in [-0.1, -0.05) is 11.3 Å². The van der Waals surface area contributed by atoms with E-state index in [1.807, 2.05) is 31.3 Å². The quantitative estimate of drug-likeness (QED) is 0.600. The molecule has 2 aromatic heterocycles. The summed E-state index contributed by atoms with van der Waals surface area (Å²) in [6, 6.07) is 5.90. The Hall–Kier alpha value is -3.39. The van der Waals surface area contributed by atoms with Gasteiger partial charge in [-0.3, -0.25) is 14.8 Å². The molecule has 1 unspecified atom stereocenters. The van der Waals surface area contributed by atoms with Crippen LogP contribution in [0.5, 0.6) is 0 Å². The van der Waals surface area contributed by atoms with E-state index < -0.39 is 0 Å². The van der Waals surface area contributed by atoms with Gasteiger partial charge in [-0.15, -0.1) is 5.10 Å². The molecular weight excluding hydrogens is 404 g/mol. The third-order valence-electron chi connectivity index (χ3n) is 6.05. The minimum absolute atomic E-state index is 0.0280. The van der Waals surface area contributed by atoms with Gasteiger partial charge in [0.15, 0.2) is 0 Å². The molecule has 0 saturated carbocycles. The standard InChI is InChI=1S/C24H28N6O2/c1-15-16(2)23-21(24(31)30(29-28-23)14-20-5-4-8-32-20)10-18(15)9-17-6-7-22(27-12-17)19(11-25)13-26-3/h6-7,10-13,20H,4-5,8-9,14,25H2,1-3H3. The van der Waals surface area contributed by atoms with Crippen molar-refractivity contribution >= 4 is 22.7 Å². The van der Waals surface area contributed by atoms with Gasteiger partial charge in [-0.25, -0.2) is 4.68 Å². The summed E-state index contributed by atoms with van der Waals surface area (Å²) in [4.78, 5) is 21.7. The third kappa shape index (κ3) is 4.31. The predicted molar refractivity (Wildman–Crippen MR) is 126 cm³/mol. The predicted octanol–water partition coefficient (Wildman–Crippen LogP) is 2.57. The molecule has 166 valence electrons. The smallest absolute Gasteiger partial charge is 0.277 e. The van der Waals surface area contributed by atoms with Crippen LogP contribution < -0.4 is 11.3 Å². The van der Waals surface area contributed by atoms with Gasteiger partial charge in [-0.05, 0) is 67.5 Å². The second kappa shape index (κ2) is 9.40. The Balaban J connectivity index is 1.67. The van der Waals surface area contributed by atoms with E-state index >= 15 is 0 Å². The molecular formula is C24H28N6O2. The van der Waals surface area contributed by atoms with Gasteiger partial charge in [0.05, 0.1) is 23.7 Å². The summed E-state index contributed by atoms with van der Waals surface area (Å²) < 4.78 is 7.10. The first-order valence-corrected chi connectivity index (χ1v) is 10.8. The molecule has 8 nitrogen and oxygen atoms in total. The highest BCUT2D eigenvalue weighted by atomic mass is 16.5. The lowest BCUT2D eigenvalue weighted by molar-refractivity contribution is 0.0920. The molecule has 0 radical (unpaired) electrons. The van der Waals surface area contributed by atoms with Gasteiger partial charge >= 0.3 is 0 Å². The maximum atomic E-state index is 13.2. The number of ether oxygens (including phenoxy) is 1. The summed E-state index contributed by atoms with van der Waals surface area (Å²) in [5.74, 6) is 0. The van der Waals surface area contributed by atoms with Crippen LogP contribution in [0.1, 0.15) is 40.8 Å². The second-order valence-corrected chi connectivity index (χ2v) is 8.13. The molecule has 1 fully saturated rings. The van der Waals surface area contributed by atoms with Gasteiger partial charge in [0.25, 0.3) is 5.56 Å². The van der Waals surface area contributed by atoms with Crippen LogP contribution in [0, 0.1) is 13.8 Å². The average Bonchev–Trinajstić information content (AvgIpc) is 3.31. The van der Waals surface area contributed by atoms with E-state index in [-0.39, 0.29) is 11.7 Å². The number of rotatable bonds is 6. The van der Waals surface area contributed by atoms with E-state index in [0.717, 1.165) is 53.0 Å². The van der Waals surface area contributed by atoms with Gasteiger partial charge in [0.1, 0.15) is 5.52 Å². The number of hydrogen-bond acceptors (Lipinski definition) is 7. The van der Waals surface area contributed by atoms with Crippen molar-refractivity contribution in [2.45, 2.75) is 45.8 Å². The van der Waals surface area contributed by atoms with Gasteiger partial charge in [-0.2, -0.15) is 0 Å². The maximum absolute atomic E-state index is 13.2. The molecule has 3 heterocycles. The largest absolute Gasteiger partial charge is 0.404 e. The summed E-state index contributed by atoms with van der Waals surface area (Å²) in [7, 11) is 1.70. The highest BCUT2D eigenvalue weighted by Gasteiger charge is 2.19. The highest BCUT2D eigenvalue weighted by Crippen LogP contribution is 2.24. The lowest BCUT2D eigenvalue weighted by Crippen LogP contribution is -2.30. The zero-order valence-corrected chi connectivity index (χ0v) is 18.7. The molecule has 1 atom stereocenters. The van der Waals surface area contributed by atoms with Crippen LogP contribution in [-0.2, 0) is 17.7 Å². The summed E-state index contributed by atoms with van der Waals surface area (Å²) in [5, 5.41) is 9.13. The van der Waals surface area contributed by atoms with Crippen molar-refractivity contribution < 1.29 is 4.74 Å². The molecule has 8 heteroatoms. The van der Waals surface area contributed by atoms with Crippen molar-refractivity contribution in [1.82, 2.24) is 20.0 Å². The number of aromatic nitrogens is 4. The molecule has 0 bridgehead atoms. The number of allylic oxidation sites excluding steroid dienone is 1. The minimum Gasteiger partial charge on any atom is -0.404 e. The molecule has 4 rings (SSSR count). The van der Waals surface area contributed by atoms with E-state index in [9.17, 15) is 4.79 Å². The van der Waals surface area contributed by atoms with Crippen molar-refractivity contribution in [2.75, 3.05) is 13.7 Å². The average molecular weight is 433 g/mol. The van der Waals surface area contributed by atoms with Crippen LogP contribution in [0.4, 0.5) is 0 Å². The summed E-state index contributed by atoms with van der Waals surface area (Å²) in [6.07, 6.45) is 7.66. The first kappa shape index (κ1) is 21.8. The Morgan fingerprint density at radius 2 is 2.19 bits per heavy atom. The molecule has 0 spiro atoms. The topological polar surface area (TPSA) is 108 Å². The zero-order valence-electron chi connectivity index (χ0n) is 18.7. The van der Waals surface area contributed by atoms with E-state index in [4.69, 9.17) is 10.5 Å². The molecule has 1 aromatic carbocycles. The molecule has 1 aliphatic heterocycles. The number of hydrogen-bond donors (Lipinski definition) is 1. The monoisotopic (exact) mass is 432 g/mol. The lowest BCUT2D eigenvalue weighted by atomic mass is 9.95. The highest BCUT2D eigenvalue weighted by molar-refractivity contribution is 6.08. The van der Waals surface area contributed by atoms with Crippen LogP contribution in [0.2, 0.25) is 0 Å². The van der Waals surface area contributed by atoms with E-state index in [2.05, 4.69) is 27.2 Å². The number of nitrogens with two attached hydrogens (primary N) is 1. The number of aryl methyl sites for hydroxylation is 1. The Morgan fingerprint density at radius 3 is 2.84 bits per heavy atom. The Kier molecular flexibility index (Phi) is 6.41. The van der Waals surface area contributed by atoms with Crippen molar-refractivity contribution in [3.63, 3.8) is 0 Å². The molecule has 1 saturated heterocycles. The fraction of sp³-hybridized carbons (Fsp3) is 0.375. The van der Waals surface area contributed by atoms with Gasteiger partial charge in [0.2, 0.25) is 0 Å². The summed E-state index contributed by atoms with van der Waals surface area (Å²) in [5.41, 5.74) is 11.9. The van der Waals surface area contributed by atoms with E-state index in [1.54, 1.807) is 13.3 Å². The third-order valence-corrected chi connectivity index (χ3v) is 6.05. The van der Waals surface area contributed by atoms with Gasteiger partial charge < -0.3 is 10.5 Å². The van der Waals surface area contributed by atoms with Gasteiger partial charge in [0, 0.05) is 37.8 Å². The number of fused-ring (bicyclic) bond motifs is 1. The van der Waals surface area contributed by atoms with E-state index in [1.165, 1.54) is 10.9 Å². The van der Waals surface area contributed by atoms with Crippen molar-refractivity contribution in [2.24, 2.45) is 10.7 Å². The number of nitrogens with zero attached hydrogens (tertiary/aromatic N) is 5. The molecule has 2 N–H and O–H groups in total. The fourth-order valence-corrected chi connectivity index (χ4v) is 4.08. The first-order chi connectivity index (χ1) is 15.5. The van der Waals surface area contributed by atoms with Crippen molar-refractivity contribution in [1.29, 1.82) is 0 Å². The van der Waals surface area contributed by atoms with Crippen LogP contribution >= 0.6 is 0 Å². The second-order valence-electron chi connectivity index (χ2n) is 8.13. The number of pyridine rings is 1. The summed E-state index contributed by atoms with van der Waals surface area (Å²) >= 11 is 0. The van der Waals surface area contributed by atoms with Crippen LogP contribution in [0.25, 0.3) is 16.5 Å². The SMILES string of the molecule is CN=CC(=CN)c1ccc(Cc2cc3c(=O)n(CC4CCCO4)nnc3c(C)c2C)cn1. The lowest BCUT2D eigenvalue weighted by Gasteiger charge is -2.14. The van der Waals surface area contributed by atoms with Crippen LogP contribution in [0.15, 0.2) is 40.4 Å². The van der Waals surface area contributed by atoms with Crippen molar-refractivity contribution in [3.8, 4) is 0 Å². The maximum Gasteiger partial charge on any atom is 0.277 e. The Morgan fingerprint density at radius 1 is 1.34 bits per heavy atom. The normalized spacial score (nSPS) is 17.0. The first-order valence-electron chi connectivity index (χ1n) is 10.8. The molecule has 32 heavy (non-hydrogen) atoms. The van der Waals surface area contributed by atoms with Crippen LogP contribution in [0.3, 0.4) is 0 Å². The zero-order chi connectivity index (χ0) is 22.7. The summed E-state index contributed by atoms with van der Waals surface area (Å²) in [6.45, 7) is 5.22. The van der Waals surface area contributed by atoms with Crippen LogP contribution in [-0.4, -0.2) is 46.0 Å². The minimum atomic E-state index is -0.125. The molecule has 0 aliphatic carbocycles. The molecule has 3 aromatic rings. The number of benzene rings is 1. The number of aliphatic imine (C=N–C) groups is 1. The Labute approximate surface area is 186 Å². The molecule has 1 aliphatic rings.